The van der Waals surface area contributed by atoms with Crippen LogP contribution in [-0.2, 0) is 6.61 Å². The number of aliphatic hydroxyl groups excluding tert-OH is 1. The first-order valence-electron chi connectivity index (χ1n) is 4.42. The van der Waals surface area contributed by atoms with Gasteiger partial charge in [-0.15, -0.1) is 0 Å². The number of hydrogen-bond acceptors (Lipinski definition) is 3. The summed E-state index contributed by atoms with van der Waals surface area (Å²) in [5.74, 6) is 0. The molecule has 0 heterocycles. The fraction of sp³-hybridized carbons (Fsp3) is 0.400. The van der Waals surface area contributed by atoms with Crippen molar-refractivity contribution in [3.63, 3.8) is 0 Å². The molecule has 1 aromatic carbocycles. The third-order valence-electron chi connectivity index (χ3n) is 1.90. The molecular formula is C10H16N2O. The number of hydrogen-bond donors (Lipinski definition) is 3. The van der Waals surface area contributed by atoms with Crippen LogP contribution in [0.3, 0.4) is 0 Å². The summed E-state index contributed by atoms with van der Waals surface area (Å²) in [5.41, 5.74) is 7.43. The highest BCUT2D eigenvalue weighted by atomic mass is 16.3. The number of rotatable bonds is 4. The lowest BCUT2D eigenvalue weighted by atomic mass is 10.2. The number of nitrogens with two attached hydrogens (primary N) is 1. The van der Waals surface area contributed by atoms with E-state index >= 15 is 0 Å². The van der Waals surface area contributed by atoms with E-state index in [0.717, 1.165) is 11.3 Å². The Balaban J connectivity index is 2.58. The van der Waals surface area contributed by atoms with Crippen molar-refractivity contribution in [2.75, 3.05) is 11.9 Å². The maximum Gasteiger partial charge on any atom is 0.0681 e. The molecule has 0 aliphatic rings. The first-order valence-corrected chi connectivity index (χ1v) is 4.42. The summed E-state index contributed by atoms with van der Waals surface area (Å²) in [6, 6.07) is 7.95. The summed E-state index contributed by atoms with van der Waals surface area (Å²) in [7, 11) is 0. The quantitative estimate of drug-likeness (QED) is 0.646. The fourth-order valence-electron chi connectivity index (χ4n) is 1.05. The SMILES string of the molecule is CC(CN)Nc1ccc(CO)cc1. The zero-order chi connectivity index (χ0) is 9.68. The molecule has 0 saturated heterocycles. The molecule has 0 bridgehead atoms. The lowest BCUT2D eigenvalue weighted by Gasteiger charge is -2.12. The first kappa shape index (κ1) is 10.0. The van der Waals surface area contributed by atoms with Crippen molar-refractivity contribution >= 4 is 5.69 Å². The van der Waals surface area contributed by atoms with Crippen LogP contribution in [-0.4, -0.2) is 17.7 Å². The van der Waals surface area contributed by atoms with Crippen molar-refractivity contribution in [2.45, 2.75) is 19.6 Å². The van der Waals surface area contributed by atoms with Gasteiger partial charge in [0.05, 0.1) is 6.61 Å². The van der Waals surface area contributed by atoms with Crippen LogP contribution < -0.4 is 11.1 Å². The zero-order valence-electron chi connectivity index (χ0n) is 7.83. The molecule has 0 fully saturated rings. The average Bonchev–Trinajstić information content (AvgIpc) is 2.19. The molecule has 0 aromatic heterocycles. The molecule has 0 aliphatic carbocycles. The zero-order valence-corrected chi connectivity index (χ0v) is 7.83. The van der Waals surface area contributed by atoms with Crippen molar-refractivity contribution in [3.05, 3.63) is 29.8 Å². The number of nitrogens with one attached hydrogen (secondary N) is 1. The molecule has 1 aromatic rings. The van der Waals surface area contributed by atoms with Gasteiger partial charge in [0.2, 0.25) is 0 Å². The molecule has 1 rings (SSSR count). The van der Waals surface area contributed by atoms with Gasteiger partial charge in [-0.05, 0) is 24.6 Å². The van der Waals surface area contributed by atoms with Crippen molar-refractivity contribution in [3.8, 4) is 0 Å². The minimum Gasteiger partial charge on any atom is -0.392 e. The van der Waals surface area contributed by atoms with Crippen LogP contribution in [0.2, 0.25) is 0 Å². The van der Waals surface area contributed by atoms with Crippen molar-refractivity contribution in [1.29, 1.82) is 0 Å². The lowest BCUT2D eigenvalue weighted by Crippen LogP contribution is -2.25. The Hall–Kier alpha value is -1.06. The molecule has 1 unspecified atom stereocenters. The predicted molar refractivity (Wildman–Crippen MR) is 54.5 cm³/mol. The number of anilines is 1. The third kappa shape index (κ3) is 3.05. The second kappa shape index (κ2) is 4.84. The van der Waals surface area contributed by atoms with E-state index in [4.69, 9.17) is 10.8 Å². The fourth-order valence-corrected chi connectivity index (χ4v) is 1.05. The Morgan fingerprint density at radius 3 is 2.46 bits per heavy atom. The molecule has 1 atom stereocenters. The van der Waals surface area contributed by atoms with Gasteiger partial charge in [-0.2, -0.15) is 0 Å². The van der Waals surface area contributed by atoms with Gasteiger partial charge < -0.3 is 16.2 Å². The van der Waals surface area contributed by atoms with Crippen LogP contribution in [0.1, 0.15) is 12.5 Å². The highest BCUT2D eigenvalue weighted by Gasteiger charge is 1.98. The van der Waals surface area contributed by atoms with E-state index in [2.05, 4.69) is 5.32 Å². The van der Waals surface area contributed by atoms with Crippen molar-refractivity contribution in [1.82, 2.24) is 0 Å². The van der Waals surface area contributed by atoms with E-state index in [1.54, 1.807) is 0 Å². The molecule has 72 valence electrons. The lowest BCUT2D eigenvalue weighted by molar-refractivity contribution is 0.282. The number of aliphatic hydroxyl groups is 1. The molecule has 3 nitrogen and oxygen atoms in total. The Morgan fingerprint density at radius 2 is 2.00 bits per heavy atom. The van der Waals surface area contributed by atoms with Crippen LogP contribution in [0.4, 0.5) is 5.69 Å². The highest BCUT2D eigenvalue weighted by molar-refractivity contribution is 5.45. The molecule has 4 N–H and O–H groups in total. The summed E-state index contributed by atoms with van der Waals surface area (Å²) < 4.78 is 0. The van der Waals surface area contributed by atoms with Gasteiger partial charge in [0.15, 0.2) is 0 Å². The maximum atomic E-state index is 8.82. The molecular weight excluding hydrogens is 164 g/mol. The maximum absolute atomic E-state index is 8.82. The topological polar surface area (TPSA) is 58.3 Å². The van der Waals surface area contributed by atoms with E-state index in [0.29, 0.717) is 6.54 Å². The Kier molecular flexibility index (Phi) is 3.73. The van der Waals surface area contributed by atoms with E-state index in [1.165, 1.54) is 0 Å². The molecule has 0 amide bonds. The average molecular weight is 180 g/mol. The van der Waals surface area contributed by atoms with Crippen LogP contribution in [0, 0.1) is 0 Å². The molecule has 3 heteroatoms. The first-order chi connectivity index (χ1) is 6.26. The van der Waals surface area contributed by atoms with Crippen LogP contribution in [0.25, 0.3) is 0 Å². The largest absolute Gasteiger partial charge is 0.392 e. The van der Waals surface area contributed by atoms with Crippen LogP contribution in [0.5, 0.6) is 0 Å². The molecule has 0 radical (unpaired) electrons. The van der Waals surface area contributed by atoms with E-state index < -0.39 is 0 Å². The Labute approximate surface area is 78.6 Å². The summed E-state index contributed by atoms with van der Waals surface area (Å²) in [5, 5.41) is 12.1. The summed E-state index contributed by atoms with van der Waals surface area (Å²) >= 11 is 0. The number of benzene rings is 1. The molecule has 0 saturated carbocycles. The monoisotopic (exact) mass is 180 g/mol. The molecule has 13 heavy (non-hydrogen) atoms. The van der Waals surface area contributed by atoms with E-state index in [-0.39, 0.29) is 12.6 Å². The second-order valence-corrected chi connectivity index (χ2v) is 3.14. The molecule has 0 aliphatic heterocycles. The van der Waals surface area contributed by atoms with Crippen LogP contribution in [0.15, 0.2) is 24.3 Å². The van der Waals surface area contributed by atoms with E-state index in [9.17, 15) is 0 Å². The van der Waals surface area contributed by atoms with Crippen molar-refractivity contribution in [2.24, 2.45) is 5.73 Å². The van der Waals surface area contributed by atoms with Gasteiger partial charge in [0, 0.05) is 18.3 Å². The normalized spacial score (nSPS) is 12.5. The van der Waals surface area contributed by atoms with Gasteiger partial charge in [-0.1, -0.05) is 12.1 Å². The molecule has 0 spiro atoms. The van der Waals surface area contributed by atoms with E-state index in [1.807, 2.05) is 31.2 Å². The predicted octanol–water partition coefficient (Wildman–Crippen LogP) is 0.938. The third-order valence-corrected chi connectivity index (χ3v) is 1.90. The standard InChI is InChI=1S/C10H16N2O/c1-8(6-11)12-10-4-2-9(7-13)3-5-10/h2-5,8,12-13H,6-7,11H2,1H3. The minimum atomic E-state index is 0.0900. The highest BCUT2D eigenvalue weighted by Crippen LogP contribution is 2.10. The van der Waals surface area contributed by atoms with Gasteiger partial charge >= 0.3 is 0 Å². The smallest absolute Gasteiger partial charge is 0.0681 e. The minimum absolute atomic E-state index is 0.0900. The summed E-state index contributed by atoms with van der Waals surface area (Å²) in [4.78, 5) is 0. The van der Waals surface area contributed by atoms with Gasteiger partial charge in [0.1, 0.15) is 0 Å². The summed E-state index contributed by atoms with van der Waals surface area (Å²) in [6.07, 6.45) is 0. The van der Waals surface area contributed by atoms with Gasteiger partial charge in [-0.3, -0.25) is 0 Å². The van der Waals surface area contributed by atoms with Crippen molar-refractivity contribution < 1.29 is 5.11 Å². The van der Waals surface area contributed by atoms with Crippen LogP contribution >= 0.6 is 0 Å². The van der Waals surface area contributed by atoms with Gasteiger partial charge in [-0.25, -0.2) is 0 Å². The Bertz CT molecular complexity index is 246. The summed E-state index contributed by atoms with van der Waals surface area (Å²) in [6.45, 7) is 2.73. The second-order valence-electron chi connectivity index (χ2n) is 3.14. The Morgan fingerprint density at radius 1 is 1.38 bits per heavy atom. The van der Waals surface area contributed by atoms with Gasteiger partial charge in [0.25, 0.3) is 0 Å².